The average molecular weight is 596 g/mol. The van der Waals surface area contributed by atoms with E-state index in [0.29, 0.717) is 25.6 Å². The van der Waals surface area contributed by atoms with E-state index >= 15 is 4.57 Å². The maximum Gasteiger partial charge on any atom is 0.147 e. The first kappa shape index (κ1) is 32.2. The smallest absolute Gasteiger partial charge is 0.147 e. The van der Waals surface area contributed by atoms with E-state index in [1.807, 2.05) is 86.0 Å². The molecule has 2 heterocycles. The number of rotatable bonds is 7. The Morgan fingerprint density at radius 3 is 2.28 bits per heavy atom. The molecule has 5 rings (SSSR count). The van der Waals surface area contributed by atoms with E-state index in [1.165, 1.54) is 11.6 Å². The highest BCUT2D eigenvalue weighted by Gasteiger charge is 2.33. The van der Waals surface area contributed by atoms with Crippen LogP contribution >= 0.6 is 7.14 Å². The molecule has 0 saturated heterocycles. The normalized spacial score (nSPS) is 17.6. The van der Waals surface area contributed by atoms with Crippen molar-refractivity contribution in [3.8, 4) is 0 Å². The van der Waals surface area contributed by atoms with Gasteiger partial charge in [-0.15, -0.1) is 6.58 Å². The molecule has 1 atom stereocenters. The molecular weight excluding hydrogens is 552 g/mol. The molecule has 43 heavy (non-hydrogen) atoms. The summed E-state index contributed by atoms with van der Waals surface area (Å²) in [4.78, 5) is 5.33. The van der Waals surface area contributed by atoms with Gasteiger partial charge in [0.2, 0.25) is 0 Å². The van der Waals surface area contributed by atoms with Crippen LogP contribution < -0.4 is 10.6 Å². The van der Waals surface area contributed by atoms with E-state index in [0.717, 1.165) is 45.1 Å². The van der Waals surface area contributed by atoms with Gasteiger partial charge in [0.15, 0.2) is 0 Å². The van der Waals surface area contributed by atoms with Crippen molar-refractivity contribution in [2.24, 2.45) is 0 Å². The Bertz CT molecular complexity index is 1520. The standard InChI is InChI=1S/C35H37FNO2P.C3H6/c1-4-26-22-33-31(20-21-39-23-26)34(27-12-11-13-28(36)19-18-27)32(35(37-33)25(2)3)24-40(38,29-14-7-5-8-15-29)30-16-9-6-10-17-30;1-3-2/h5-19,23,25,27H,4,20-22,24H2,1-3H3;3H,1H2,2H3/b26-23-;. The van der Waals surface area contributed by atoms with Crippen molar-refractivity contribution in [1.82, 2.24) is 4.98 Å². The van der Waals surface area contributed by atoms with Gasteiger partial charge in [-0.3, -0.25) is 4.98 Å². The van der Waals surface area contributed by atoms with Crippen molar-refractivity contribution in [3.63, 3.8) is 0 Å². The first-order valence-electron chi connectivity index (χ1n) is 15.2. The summed E-state index contributed by atoms with van der Waals surface area (Å²) < 4.78 is 35.6. The van der Waals surface area contributed by atoms with Crippen LogP contribution in [0.3, 0.4) is 0 Å². The first-order chi connectivity index (χ1) is 20.8. The molecule has 1 unspecified atom stereocenters. The summed E-state index contributed by atoms with van der Waals surface area (Å²) in [5.74, 6) is -0.342. The lowest BCUT2D eigenvalue weighted by atomic mass is 9.84. The number of nitrogens with zero attached hydrogens (tertiary/aromatic N) is 1. The third-order valence-electron chi connectivity index (χ3n) is 7.78. The van der Waals surface area contributed by atoms with Crippen LogP contribution in [0.1, 0.15) is 74.0 Å². The molecule has 0 amide bonds. The zero-order valence-electron chi connectivity index (χ0n) is 25.8. The largest absolute Gasteiger partial charge is 0.501 e. The molecule has 0 fully saturated rings. The summed E-state index contributed by atoms with van der Waals surface area (Å²) in [7, 11) is -3.10. The van der Waals surface area contributed by atoms with Crippen LogP contribution in [0, 0.1) is 0 Å². The number of ether oxygens (including phenoxy) is 1. The molecule has 1 aromatic heterocycles. The minimum Gasteiger partial charge on any atom is -0.501 e. The summed E-state index contributed by atoms with van der Waals surface area (Å²) in [5.41, 5.74) is 6.45. The van der Waals surface area contributed by atoms with Crippen LogP contribution in [0.15, 0.2) is 121 Å². The second-order valence-corrected chi connectivity index (χ2v) is 14.0. The number of hydrogen-bond donors (Lipinski definition) is 0. The molecule has 3 aromatic rings. The van der Waals surface area contributed by atoms with Crippen molar-refractivity contribution in [1.29, 1.82) is 0 Å². The van der Waals surface area contributed by atoms with Crippen LogP contribution in [0.4, 0.5) is 4.39 Å². The fourth-order valence-electron chi connectivity index (χ4n) is 5.70. The second kappa shape index (κ2) is 15.1. The van der Waals surface area contributed by atoms with Crippen molar-refractivity contribution >= 4 is 17.8 Å². The van der Waals surface area contributed by atoms with Gasteiger partial charge in [0, 0.05) is 46.9 Å². The molecular formula is C38H43FNO2P. The topological polar surface area (TPSA) is 39.2 Å². The number of benzene rings is 2. The Morgan fingerprint density at radius 2 is 1.70 bits per heavy atom. The lowest BCUT2D eigenvalue weighted by Gasteiger charge is -2.29. The van der Waals surface area contributed by atoms with Crippen LogP contribution in [-0.2, 0) is 28.3 Å². The van der Waals surface area contributed by atoms with E-state index in [2.05, 4.69) is 27.4 Å². The molecule has 1 aliphatic carbocycles. The molecule has 2 aromatic carbocycles. The SMILES string of the molecule is C=CC.CC/C1=C/OCCc2c(nc(C(C)C)c(CP(=O)(c3ccccc3)c3ccccc3)c2C2C=CC=C(F)C=C2)C1. The summed E-state index contributed by atoms with van der Waals surface area (Å²) in [6.45, 7) is 12.2. The zero-order chi connectivity index (χ0) is 30.8. The number of hydrogen-bond acceptors (Lipinski definition) is 3. The second-order valence-electron chi connectivity index (χ2n) is 11.2. The number of fused-ring (bicyclic) bond motifs is 1. The summed E-state index contributed by atoms with van der Waals surface area (Å²) in [6.07, 6.45) is 15.0. The van der Waals surface area contributed by atoms with Crippen molar-refractivity contribution in [3.05, 3.63) is 149 Å². The van der Waals surface area contributed by atoms with Gasteiger partial charge in [0.05, 0.1) is 12.9 Å². The maximum absolute atomic E-state index is 15.3. The number of halogens is 1. The quantitative estimate of drug-likeness (QED) is 0.202. The zero-order valence-corrected chi connectivity index (χ0v) is 26.7. The molecule has 5 heteroatoms. The van der Waals surface area contributed by atoms with Crippen molar-refractivity contribution < 1.29 is 13.7 Å². The Kier molecular flexibility index (Phi) is 11.3. The molecule has 1 aliphatic heterocycles. The molecule has 0 saturated carbocycles. The van der Waals surface area contributed by atoms with Gasteiger partial charge in [-0.2, -0.15) is 0 Å². The van der Waals surface area contributed by atoms with Crippen molar-refractivity contribution in [2.45, 2.75) is 65.0 Å². The van der Waals surface area contributed by atoms with Gasteiger partial charge in [-0.05, 0) is 53.7 Å². The minimum atomic E-state index is -3.10. The van der Waals surface area contributed by atoms with Gasteiger partial charge < -0.3 is 9.30 Å². The third kappa shape index (κ3) is 7.61. The predicted octanol–water partition coefficient (Wildman–Crippen LogP) is 9.38. The molecule has 0 bridgehead atoms. The molecule has 0 N–H and O–H groups in total. The molecule has 0 radical (unpaired) electrons. The Hall–Kier alpha value is -3.75. The first-order valence-corrected chi connectivity index (χ1v) is 17.0. The van der Waals surface area contributed by atoms with E-state index in [-0.39, 0.29) is 17.7 Å². The monoisotopic (exact) mass is 595 g/mol. The van der Waals surface area contributed by atoms with E-state index in [9.17, 15) is 4.39 Å². The van der Waals surface area contributed by atoms with E-state index < -0.39 is 7.14 Å². The lowest BCUT2D eigenvalue weighted by Crippen LogP contribution is -2.22. The van der Waals surface area contributed by atoms with Gasteiger partial charge in [-0.1, -0.05) is 106 Å². The third-order valence-corrected chi connectivity index (χ3v) is 10.8. The summed E-state index contributed by atoms with van der Waals surface area (Å²) in [5, 5.41) is 1.65. The highest BCUT2D eigenvalue weighted by Crippen LogP contribution is 2.50. The maximum atomic E-state index is 15.3. The van der Waals surface area contributed by atoms with Crippen molar-refractivity contribution in [2.75, 3.05) is 6.61 Å². The highest BCUT2D eigenvalue weighted by atomic mass is 31.2. The van der Waals surface area contributed by atoms with Gasteiger partial charge in [-0.25, -0.2) is 4.39 Å². The fourth-order valence-corrected chi connectivity index (χ4v) is 8.45. The molecule has 3 nitrogen and oxygen atoms in total. The van der Waals surface area contributed by atoms with Crippen LogP contribution in [0.25, 0.3) is 0 Å². The van der Waals surface area contributed by atoms with E-state index in [1.54, 1.807) is 18.2 Å². The summed E-state index contributed by atoms with van der Waals surface area (Å²) >= 11 is 0. The van der Waals surface area contributed by atoms with Gasteiger partial charge in [0.1, 0.15) is 13.0 Å². The molecule has 2 aliphatic rings. The number of allylic oxidation sites excluding steroid dienone is 8. The average Bonchev–Trinajstić information content (AvgIpc) is 3.23. The predicted molar refractivity (Wildman–Crippen MR) is 180 cm³/mol. The highest BCUT2D eigenvalue weighted by molar-refractivity contribution is 7.78. The number of aromatic nitrogens is 1. The van der Waals surface area contributed by atoms with Crippen LogP contribution in [0.5, 0.6) is 0 Å². The van der Waals surface area contributed by atoms with E-state index in [4.69, 9.17) is 9.72 Å². The number of pyridine rings is 1. The Morgan fingerprint density at radius 1 is 1.07 bits per heavy atom. The van der Waals surface area contributed by atoms with Gasteiger partial charge in [0.25, 0.3) is 0 Å². The van der Waals surface area contributed by atoms with Crippen LogP contribution in [0.2, 0.25) is 0 Å². The Balaban J connectivity index is 0.00000135. The van der Waals surface area contributed by atoms with Crippen LogP contribution in [-0.4, -0.2) is 11.6 Å². The fraction of sp³-hybridized carbons (Fsp3) is 0.289. The minimum absolute atomic E-state index is 0.114. The molecule has 0 spiro atoms. The summed E-state index contributed by atoms with van der Waals surface area (Å²) in [6, 6.07) is 19.6. The molecule has 224 valence electrons. The van der Waals surface area contributed by atoms with Gasteiger partial charge >= 0.3 is 0 Å². The Labute approximate surface area is 257 Å². The lowest BCUT2D eigenvalue weighted by molar-refractivity contribution is 0.246.